The third-order valence-corrected chi connectivity index (χ3v) is 6.67. The highest BCUT2D eigenvalue weighted by atomic mass is 16.2. The van der Waals surface area contributed by atoms with Crippen LogP contribution in [0, 0.1) is 0 Å². The van der Waals surface area contributed by atoms with Gasteiger partial charge in [-0.3, -0.25) is 19.2 Å². The van der Waals surface area contributed by atoms with Gasteiger partial charge >= 0.3 is 0 Å². The van der Waals surface area contributed by atoms with Gasteiger partial charge in [0.15, 0.2) is 0 Å². The number of carbonyl (C=O) groups excluding carboxylic acids is 4. The van der Waals surface area contributed by atoms with Crippen molar-refractivity contribution in [2.45, 2.75) is 65.5 Å². The quantitative estimate of drug-likeness (QED) is 0.134. The molecule has 3 rings (SSSR count). The maximum Gasteiger partial charge on any atom is 0.246 e. The molecule has 4 amide bonds. The molecule has 0 fully saturated rings. The van der Waals surface area contributed by atoms with E-state index in [1.165, 1.54) is 0 Å². The molecule has 226 valence electrons. The number of fused-ring (bicyclic) bond motifs is 2. The van der Waals surface area contributed by atoms with Crippen LogP contribution in [0.3, 0.4) is 0 Å². The van der Waals surface area contributed by atoms with Crippen molar-refractivity contribution in [3.05, 3.63) is 49.1 Å². The summed E-state index contributed by atoms with van der Waals surface area (Å²) in [6.07, 6.45) is 6.98. The van der Waals surface area contributed by atoms with Crippen molar-refractivity contribution in [2.24, 2.45) is 0 Å². The van der Waals surface area contributed by atoms with E-state index in [1.807, 2.05) is 15.2 Å². The highest BCUT2D eigenvalue weighted by molar-refractivity contribution is 5.93. The fourth-order valence-electron chi connectivity index (χ4n) is 4.30. The van der Waals surface area contributed by atoms with Crippen LogP contribution in [0.5, 0.6) is 0 Å². The summed E-state index contributed by atoms with van der Waals surface area (Å²) >= 11 is 0. The number of hydrogen-bond acceptors (Lipinski definition) is 6. The monoisotopic (exact) mass is 578 g/mol. The van der Waals surface area contributed by atoms with Gasteiger partial charge in [-0.15, -0.1) is 0 Å². The Balaban J connectivity index is 1.41. The van der Waals surface area contributed by atoms with Crippen LogP contribution < -0.4 is 21.3 Å². The summed E-state index contributed by atoms with van der Waals surface area (Å²) in [6, 6.07) is 4.01. The molecule has 1 aromatic carbocycles. The Labute approximate surface area is 246 Å². The van der Waals surface area contributed by atoms with Crippen LogP contribution in [0.25, 0.3) is 22.1 Å². The van der Waals surface area contributed by atoms with E-state index in [0.717, 1.165) is 22.1 Å². The van der Waals surface area contributed by atoms with Crippen molar-refractivity contribution in [3.63, 3.8) is 0 Å². The van der Waals surface area contributed by atoms with Crippen molar-refractivity contribution in [1.82, 2.24) is 40.4 Å². The molecule has 0 aliphatic carbocycles. The van der Waals surface area contributed by atoms with Crippen LogP contribution in [0.2, 0.25) is 0 Å². The molecule has 0 radical (unpaired) electrons. The van der Waals surface area contributed by atoms with Gasteiger partial charge in [-0.05, 0) is 51.7 Å². The third kappa shape index (κ3) is 9.86. The van der Waals surface area contributed by atoms with Crippen LogP contribution in [0.1, 0.15) is 52.4 Å². The Morgan fingerprint density at radius 1 is 0.643 bits per heavy atom. The summed E-state index contributed by atoms with van der Waals surface area (Å²) in [7, 11) is 0. The van der Waals surface area contributed by atoms with E-state index in [-0.39, 0.29) is 23.6 Å². The molecule has 2 heterocycles. The number of rotatable bonds is 18. The van der Waals surface area contributed by atoms with Crippen LogP contribution >= 0.6 is 0 Å². The largest absolute Gasteiger partial charge is 0.356 e. The van der Waals surface area contributed by atoms with Gasteiger partial charge in [0, 0.05) is 63.3 Å². The summed E-state index contributed by atoms with van der Waals surface area (Å²) in [5.74, 6) is -0.394. The van der Waals surface area contributed by atoms with Gasteiger partial charge in [0.25, 0.3) is 0 Å². The van der Waals surface area contributed by atoms with Crippen molar-refractivity contribution in [2.75, 3.05) is 26.2 Å². The lowest BCUT2D eigenvalue weighted by atomic mass is 10.2. The number of hydrogen-bond donors (Lipinski definition) is 4. The van der Waals surface area contributed by atoms with Crippen LogP contribution in [-0.4, -0.2) is 68.9 Å². The molecule has 3 aromatic rings. The van der Waals surface area contributed by atoms with Crippen molar-refractivity contribution < 1.29 is 19.2 Å². The zero-order chi connectivity index (χ0) is 30.5. The first-order valence-electron chi connectivity index (χ1n) is 14.4. The Morgan fingerprint density at radius 2 is 1.05 bits per heavy atom. The summed E-state index contributed by atoms with van der Waals surface area (Å²) in [6.45, 7) is 13.8. The second-order valence-corrected chi connectivity index (χ2v) is 10.4. The fourth-order valence-corrected chi connectivity index (χ4v) is 4.30. The molecular formula is C30H42N8O4. The van der Waals surface area contributed by atoms with E-state index in [1.54, 1.807) is 26.5 Å². The average molecular weight is 579 g/mol. The molecule has 0 unspecified atom stereocenters. The number of nitrogens with zero attached hydrogens (tertiary/aromatic N) is 4. The number of amides is 4. The average Bonchev–Trinajstić information content (AvgIpc) is 3.54. The number of nitrogens with one attached hydrogen (secondary N) is 4. The highest BCUT2D eigenvalue weighted by Crippen LogP contribution is 2.22. The SMILES string of the molecule is C=C(C)C(=O)NCCCNC(=O)CCCn1cnc2cc3ncn(CCCC(=O)NCCCNC(=O)C(=C)C)c3cc21. The molecule has 0 aliphatic rings. The first kappa shape index (κ1) is 32.0. The maximum absolute atomic E-state index is 12.2. The first-order chi connectivity index (χ1) is 20.2. The minimum Gasteiger partial charge on any atom is -0.356 e. The van der Waals surface area contributed by atoms with E-state index in [9.17, 15) is 19.2 Å². The number of aromatic nitrogens is 4. The first-order valence-corrected chi connectivity index (χ1v) is 14.4. The maximum atomic E-state index is 12.2. The summed E-state index contributed by atoms with van der Waals surface area (Å²) < 4.78 is 4.08. The predicted molar refractivity (Wildman–Crippen MR) is 162 cm³/mol. The Bertz CT molecular complexity index is 1330. The van der Waals surface area contributed by atoms with Gasteiger partial charge in [0.2, 0.25) is 23.6 Å². The topological polar surface area (TPSA) is 152 Å². The minimum absolute atomic E-state index is 0.0234. The van der Waals surface area contributed by atoms with Crippen molar-refractivity contribution in [3.8, 4) is 0 Å². The van der Waals surface area contributed by atoms with Gasteiger partial charge in [0.05, 0.1) is 34.7 Å². The lowest BCUT2D eigenvalue weighted by molar-refractivity contribution is -0.122. The molecule has 12 heteroatoms. The van der Waals surface area contributed by atoms with Gasteiger partial charge in [-0.1, -0.05) is 13.2 Å². The van der Waals surface area contributed by atoms with Crippen LogP contribution in [0.4, 0.5) is 0 Å². The van der Waals surface area contributed by atoms with E-state index in [4.69, 9.17) is 0 Å². The Hall–Kier alpha value is -4.48. The standard InChI is InChI=1S/C30H42N8O4/c1-21(2)29(41)33-13-7-11-31-27(39)9-5-15-37-19-35-23-17-24-26(18-25(23)37)38(20-36-24)16-6-10-28(40)32-12-8-14-34-30(42)22(3)4/h17-20H,1,3,5-16H2,2,4H3,(H,31,39)(H,32,40)(H,33,41)(H,34,42). The summed E-state index contributed by atoms with van der Waals surface area (Å²) in [4.78, 5) is 56.4. The third-order valence-electron chi connectivity index (χ3n) is 6.67. The van der Waals surface area contributed by atoms with E-state index in [2.05, 4.69) is 50.5 Å². The van der Waals surface area contributed by atoms with Crippen molar-refractivity contribution in [1.29, 1.82) is 0 Å². The smallest absolute Gasteiger partial charge is 0.246 e. The van der Waals surface area contributed by atoms with E-state index in [0.29, 0.717) is 88.9 Å². The predicted octanol–water partition coefficient (Wildman–Crippen LogP) is 2.34. The zero-order valence-electron chi connectivity index (χ0n) is 24.6. The number of benzene rings is 1. The molecule has 4 N–H and O–H groups in total. The molecule has 42 heavy (non-hydrogen) atoms. The van der Waals surface area contributed by atoms with Gasteiger partial charge in [-0.25, -0.2) is 9.97 Å². The lowest BCUT2D eigenvalue weighted by Gasteiger charge is -2.08. The van der Waals surface area contributed by atoms with E-state index >= 15 is 0 Å². The highest BCUT2D eigenvalue weighted by Gasteiger charge is 2.11. The van der Waals surface area contributed by atoms with Gasteiger partial charge in [-0.2, -0.15) is 0 Å². The minimum atomic E-state index is -0.174. The molecule has 0 saturated heterocycles. The van der Waals surface area contributed by atoms with Crippen LogP contribution in [0.15, 0.2) is 49.1 Å². The molecule has 2 aromatic heterocycles. The zero-order valence-corrected chi connectivity index (χ0v) is 24.6. The molecule has 12 nitrogen and oxygen atoms in total. The van der Waals surface area contributed by atoms with Crippen LogP contribution in [-0.2, 0) is 32.3 Å². The van der Waals surface area contributed by atoms with Crippen molar-refractivity contribution >= 4 is 45.7 Å². The lowest BCUT2D eigenvalue weighted by Crippen LogP contribution is -2.30. The number of imidazole rings is 2. The Morgan fingerprint density at radius 3 is 1.45 bits per heavy atom. The normalized spacial score (nSPS) is 10.9. The summed E-state index contributed by atoms with van der Waals surface area (Å²) in [5.41, 5.74) is 4.55. The number of aryl methyl sites for hydroxylation is 2. The molecular weight excluding hydrogens is 536 g/mol. The summed E-state index contributed by atoms with van der Waals surface area (Å²) in [5, 5.41) is 11.3. The molecule has 0 bridgehead atoms. The van der Waals surface area contributed by atoms with Gasteiger partial charge < -0.3 is 30.4 Å². The molecule has 0 spiro atoms. The second kappa shape index (κ2) is 16.1. The fraction of sp³-hybridized carbons (Fsp3) is 0.467. The molecule has 0 aliphatic heterocycles. The Kier molecular flexibility index (Phi) is 12.3. The number of carbonyl (C=O) groups is 4. The molecule has 0 atom stereocenters. The second-order valence-electron chi connectivity index (χ2n) is 10.4. The van der Waals surface area contributed by atoms with Gasteiger partial charge in [0.1, 0.15) is 0 Å². The van der Waals surface area contributed by atoms with E-state index < -0.39 is 0 Å². The molecule has 0 saturated carbocycles.